The van der Waals surface area contributed by atoms with E-state index >= 15 is 0 Å². The summed E-state index contributed by atoms with van der Waals surface area (Å²) in [5.41, 5.74) is 0.282. The number of amides is 1. The average Bonchev–Trinajstić information content (AvgIpc) is 2.89. The molecule has 0 saturated carbocycles. The molecule has 0 spiro atoms. The Balaban J connectivity index is 0. The van der Waals surface area contributed by atoms with Crippen molar-refractivity contribution in [1.82, 2.24) is 5.32 Å². The maximum atomic E-state index is 11.1. The van der Waals surface area contributed by atoms with Gasteiger partial charge in [-0.2, -0.15) is 0 Å². The number of ether oxygens (including phenoxy) is 3. The molecule has 174 valence electrons. The molecule has 1 aliphatic rings. The van der Waals surface area contributed by atoms with Crippen LogP contribution in [0.25, 0.3) is 0 Å². The molecule has 0 radical (unpaired) electrons. The van der Waals surface area contributed by atoms with Gasteiger partial charge in [-0.25, -0.2) is 4.79 Å². The van der Waals surface area contributed by atoms with Crippen molar-refractivity contribution in [2.45, 2.75) is 46.5 Å². The first kappa shape index (κ1) is 30.0. The molecule has 9 heteroatoms. The molecule has 1 saturated heterocycles. The molecule has 0 bridgehead atoms. The summed E-state index contributed by atoms with van der Waals surface area (Å²) in [6, 6.07) is 0. The highest BCUT2D eigenvalue weighted by Gasteiger charge is 2.16. The van der Waals surface area contributed by atoms with Gasteiger partial charge in [0.15, 0.2) is 0 Å². The predicted molar refractivity (Wildman–Crippen MR) is 115 cm³/mol. The van der Waals surface area contributed by atoms with Crippen LogP contribution in [-0.4, -0.2) is 49.4 Å². The third-order valence-electron chi connectivity index (χ3n) is 3.43. The largest absolute Gasteiger partial charge is 0.462 e. The molecule has 1 atom stereocenters. The van der Waals surface area contributed by atoms with Gasteiger partial charge < -0.3 is 19.5 Å². The van der Waals surface area contributed by atoms with Crippen molar-refractivity contribution >= 4 is 29.6 Å². The van der Waals surface area contributed by atoms with E-state index in [0.717, 1.165) is 32.1 Å². The molecule has 1 amide bonds. The van der Waals surface area contributed by atoms with Gasteiger partial charge in [-0.05, 0) is 26.7 Å². The fourth-order valence-electron chi connectivity index (χ4n) is 1.97. The molecule has 1 rings (SSSR count). The molecule has 0 aromatic heterocycles. The third-order valence-corrected chi connectivity index (χ3v) is 3.43. The number of Topliss-reactive ketones (excluding diaryl/α,β-unsaturated/α-hetero) is 1. The zero-order valence-corrected chi connectivity index (χ0v) is 18.6. The van der Waals surface area contributed by atoms with Crippen molar-refractivity contribution in [3.8, 4) is 0 Å². The Morgan fingerprint density at radius 2 is 1.68 bits per heavy atom. The van der Waals surface area contributed by atoms with Gasteiger partial charge in [-0.1, -0.05) is 25.7 Å². The summed E-state index contributed by atoms with van der Waals surface area (Å²) in [5, 5.41) is 2.84. The summed E-state index contributed by atoms with van der Waals surface area (Å²) < 4.78 is 13.4. The SMILES string of the molecule is C=C(C)C(=O)OCCOC(=O)CC(C)=O.C=CC1CCCCNC1=O.C=COC(C)=O. The fraction of sp³-hybridized carbons (Fsp3) is 0.500. The predicted octanol–water partition coefficient (Wildman–Crippen LogP) is 2.41. The third kappa shape index (κ3) is 19.8. The molecule has 0 aromatic carbocycles. The van der Waals surface area contributed by atoms with Crippen LogP contribution in [0.1, 0.15) is 46.5 Å². The van der Waals surface area contributed by atoms with Crippen LogP contribution in [0, 0.1) is 5.92 Å². The standard InChI is InChI=1S/C10H14O5.C8H13NO.C4H6O2/c1-7(2)10(13)15-5-4-14-9(12)6-8(3)11;1-2-7-5-3-4-6-9-8(7)10;1-3-6-4(2)5/h1,4-6H2,2-3H3;2,7H,1,3-6H2,(H,9,10);3H,1H2,2H3. The topological polar surface area (TPSA) is 125 Å². The molecule has 0 aromatic rings. The molecule has 31 heavy (non-hydrogen) atoms. The van der Waals surface area contributed by atoms with Crippen molar-refractivity contribution in [2.24, 2.45) is 5.92 Å². The maximum absolute atomic E-state index is 11.1. The van der Waals surface area contributed by atoms with Gasteiger partial charge in [0.1, 0.15) is 25.4 Å². The first-order valence-electron chi connectivity index (χ1n) is 9.71. The average molecular weight is 440 g/mol. The van der Waals surface area contributed by atoms with Crippen LogP contribution in [0.5, 0.6) is 0 Å². The highest BCUT2D eigenvalue weighted by atomic mass is 16.6. The lowest BCUT2D eigenvalue weighted by atomic mass is 10.0. The quantitative estimate of drug-likeness (QED) is 0.116. The first-order chi connectivity index (χ1) is 14.5. The Hall–Kier alpha value is -3.23. The molecule has 1 unspecified atom stereocenters. The Morgan fingerprint density at radius 3 is 2.13 bits per heavy atom. The van der Waals surface area contributed by atoms with Crippen molar-refractivity contribution in [3.63, 3.8) is 0 Å². The van der Waals surface area contributed by atoms with Gasteiger partial charge in [0, 0.05) is 19.0 Å². The van der Waals surface area contributed by atoms with E-state index in [1.54, 1.807) is 6.08 Å². The zero-order valence-electron chi connectivity index (χ0n) is 18.6. The van der Waals surface area contributed by atoms with Crippen molar-refractivity contribution < 1.29 is 38.2 Å². The summed E-state index contributed by atoms with van der Waals surface area (Å²) in [4.78, 5) is 53.0. The second kappa shape index (κ2) is 18.8. The summed E-state index contributed by atoms with van der Waals surface area (Å²) >= 11 is 0. The van der Waals surface area contributed by atoms with Crippen molar-refractivity contribution in [2.75, 3.05) is 19.8 Å². The number of hydrogen-bond acceptors (Lipinski definition) is 8. The van der Waals surface area contributed by atoms with E-state index in [2.05, 4.69) is 39.3 Å². The molecule has 1 fully saturated rings. The van der Waals surface area contributed by atoms with E-state index in [9.17, 15) is 24.0 Å². The van der Waals surface area contributed by atoms with Gasteiger partial charge in [0.25, 0.3) is 0 Å². The number of hydrogen-bond donors (Lipinski definition) is 1. The van der Waals surface area contributed by atoms with Gasteiger partial charge in [-0.3, -0.25) is 19.2 Å². The molecule has 1 aliphatic heterocycles. The van der Waals surface area contributed by atoms with E-state index < -0.39 is 11.9 Å². The second-order valence-corrected chi connectivity index (χ2v) is 6.42. The summed E-state index contributed by atoms with van der Waals surface area (Å²) in [7, 11) is 0. The Labute approximate surface area is 183 Å². The Morgan fingerprint density at radius 1 is 1.06 bits per heavy atom. The number of carbonyl (C=O) groups is 5. The minimum Gasteiger partial charge on any atom is -0.462 e. The molecule has 9 nitrogen and oxygen atoms in total. The van der Waals surface area contributed by atoms with Crippen LogP contribution in [0.2, 0.25) is 0 Å². The highest BCUT2D eigenvalue weighted by Crippen LogP contribution is 2.12. The van der Waals surface area contributed by atoms with Crippen LogP contribution in [-0.2, 0) is 38.2 Å². The number of rotatable bonds is 8. The molecule has 1 N–H and O–H groups in total. The Kier molecular flexibility index (Phi) is 18.2. The number of ketones is 1. The monoisotopic (exact) mass is 439 g/mol. The zero-order chi connectivity index (χ0) is 24.2. The molecular formula is C22H33NO8. The van der Waals surface area contributed by atoms with Gasteiger partial charge in [-0.15, -0.1) is 6.58 Å². The van der Waals surface area contributed by atoms with E-state index in [-0.39, 0.29) is 48.8 Å². The lowest BCUT2D eigenvalue weighted by molar-refractivity contribution is -0.151. The fourth-order valence-corrected chi connectivity index (χ4v) is 1.97. The highest BCUT2D eigenvalue weighted by molar-refractivity contribution is 5.94. The summed E-state index contributed by atoms with van der Waals surface area (Å²) in [6.07, 6.45) is 5.79. The van der Waals surface area contributed by atoms with Gasteiger partial charge >= 0.3 is 17.9 Å². The van der Waals surface area contributed by atoms with E-state index in [1.165, 1.54) is 20.8 Å². The van der Waals surface area contributed by atoms with Gasteiger partial charge in [0.05, 0.1) is 12.2 Å². The van der Waals surface area contributed by atoms with Crippen molar-refractivity contribution in [3.05, 3.63) is 37.6 Å². The molecular weight excluding hydrogens is 406 g/mol. The van der Waals surface area contributed by atoms with E-state index in [1.807, 2.05) is 0 Å². The second-order valence-electron chi connectivity index (χ2n) is 6.42. The summed E-state index contributed by atoms with van der Waals surface area (Å²) in [6.45, 7) is 15.0. The lowest BCUT2D eigenvalue weighted by Gasteiger charge is -2.05. The van der Waals surface area contributed by atoms with Crippen LogP contribution in [0.3, 0.4) is 0 Å². The minimum atomic E-state index is -0.617. The summed E-state index contributed by atoms with van der Waals surface area (Å²) in [5.74, 6) is -1.54. The number of nitrogens with one attached hydrogen (secondary N) is 1. The van der Waals surface area contributed by atoms with Crippen LogP contribution < -0.4 is 5.32 Å². The van der Waals surface area contributed by atoms with E-state index in [0.29, 0.717) is 0 Å². The molecule has 0 aliphatic carbocycles. The lowest BCUT2D eigenvalue weighted by Crippen LogP contribution is -2.27. The normalized spacial score (nSPS) is 14.4. The van der Waals surface area contributed by atoms with E-state index in [4.69, 9.17) is 0 Å². The first-order valence-corrected chi connectivity index (χ1v) is 9.71. The minimum absolute atomic E-state index is 0.0324. The number of esters is 3. The van der Waals surface area contributed by atoms with Crippen LogP contribution in [0.4, 0.5) is 0 Å². The molecule has 1 heterocycles. The smallest absolute Gasteiger partial charge is 0.333 e. The van der Waals surface area contributed by atoms with Crippen LogP contribution in [0.15, 0.2) is 37.6 Å². The number of carbonyl (C=O) groups excluding carboxylic acids is 5. The Bertz CT molecular complexity index is 654. The maximum Gasteiger partial charge on any atom is 0.333 e. The van der Waals surface area contributed by atoms with Crippen LogP contribution >= 0.6 is 0 Å². The van der Waals surface area contributed by atoms with Gasteiger partial charge in [0.2, 0.25) is 5.91 Å². The van der Waals surface area contributed by atoms with Crippen molar-refractivity contribution in [1.29, 1.82) is 0 Å².